The highest BCUT2D eigenvalue weighted by Gasteiger charge is 2.21. The summed E-state index contributed by atoms with van der Waals surface area (Å²) in [7, 11) is 1.46. The number of aryl methyl sites for hydroxylation is 2. The fraction of sp³-hybridized carbons (Fsp3) is 0.300. The summed E-state index contributed by atoms with van der Waals surface area (Å²) in [4.78, 5) is 50.9. The number of fused-ring (bicyclic) bond motifs is 1. The summed E-state index contributed by atoms with van der Waals surface area (Å²) >= 11 is 0. The molecule has 0 aliphatic rings. The number of hydrogen-bond acceptors (Lipinski definition) is 4. The van der Waals surface area contributed by atoms with Crippen molar-refractivity contribution in [2.45, 2.75) is 33.5 Å². The number of pyridine rings is 1. The maximum Gasteiger partial charge on any atom is 0.332 e. The Labute approximate surface area is 164 Å². The number of nitrogens with zero attached hydrogens (tertiary/aromatic N) is 3. The van der Waals surface area contributed by atoms with Gasteiger partial charge in [0.2, 0.25) is 0 Å². The average Bonchev–Trinajstić information content (AvgIpc) is 2.71. The van der Waals surface area contributed by atoms with Crippen LogP contribution in [0.2, 0.25) is 0 Å². The average molecular weight is 400 g/mol. The van der Waals surface area contributed by atoms with E-state index in [2.05, 4.69) is 5.32 Å². The zero-order chi connectivity index (χ0) is 21.3. The number of nitrogens with one attached hydrogen (secondary N) is 1. The lowest BCUT2D eigenvalue weighted by atomic mass is 10.1. The predicted molar refractivity (Wildman–Crippen MR) is 107 cm³/mol. The summed E-state index contributed by atoms with van der Waals surface area (Å²) in [6.45, 7) is 3.81. The van der Waals surface area contributed by atoms with Crippen molar-refractivity contribution in [2.75, 3.05) is 0 Å². The molecule has 0 saturated carbocycles. The minimum atomic E-state index is -0.627. The number of hydrogen-bond donors (Lipinski definition) is 1. The van der Waals surface area contributed by atoms with Gasteiger partial charge in [0.25, 0.3) is 17.0 Å². The Kier molecular flexibility index (Phi) is 5.49. The van der Waals surface area contributed by atoms with Crippen LogP contribution < -0.4 is 22.1 Å². The van der Waals surface area contributed by atoms with Gasteiger partial charge in [-0.2, -0.15) is 0 Å². The van der Waals surface area contributed by atoms with Gasteiger partial charge in [0.1, 0.15) is 11.5 Å². The van der Waals surface area contributed by atoms with Crippen molar-refractivity contribution in [1.29, 1.82) is 0 Å². The van der Waals surface area contributed by atoms with Gasteiger partial charge in [-0.25, -0.2) is 9.18 Å². The second-order valence-electron chi connectivity index (χ2n) is 6.54. The molecule has 0 aliphatic heterocycles. The van der Waals surface area contributed by atoms with Gasteiger partial charge in [-0.1, -0.05) is 12.1 Å². The molecule has 2 heterocycles. The first-order valence-electron chi connectivity index (χ1n) is 9.20. The molecule has 1 amide bonds. The molecule has 0 spiro atoms. The molecule has 0 atom stereocenters. The molecule has 0 aliphatic carbocycles. The van der Waals surface area contributed by atoms with Crippen molar-refractivity contribution >= 4 is 16.9 Å². The number of carbonyl (C=O) groups is 1. The first-order chi connectivity index (χ1) is 13.8. The number of carbonyl (C=O) groups excluding carboxylic acids is 1. The summed E-state index contributed by atoms with van der Waals surface area (Å²) in [6, 6.07) is 6.70. The largest absolute Gasteiger partial charge is 0.348 e. The molecule has 0 unspecified atom stereocenters. The van der Waals surface area contributed by atoms with E-state index >= 15 is 0 Å². The van der Waals surface area contributed by atoms with Crippen molar-refractivity contribution < 1.29 is 9.18 Å². The van der Waals surface area contributed by atoms with Gasteiger partial charge in [-0.3, -0.25) is 28.1 Å². The molecule has 0 fully saturated rings. The summed E-state index contributed by atoms with van der Waals surface area (Å²) < 4.78 is 16.6. The Balaban J connectivity index is 2.19. The Bertz CT molecular complexity index is 1270. The second-order valence-corrected chi connectivity index (χ2v) is 6.54. The van der Waals surface area contributed by atoms with Crippen LogP contribution >= 0.6 is 0 Å². The van der Waals surface area contributed by atoms with Gasteiger partial charge < -0.3 is 5.32 Å². The van der Waals surface area contributed by atoms with Crippen molar-refractivity contribution in [1.82, 2.24) is 19.0 Å². The summed E-state index contributed by atoms with van der Waals surface area (Å²) in [5.41, 5.74) is -1.01. The van der Waals surface area contributed by atoms with E-state index in [1.54, 1.807) is 13.8 Å². The van der Waals surface area contributed by atoms with Crippen LogP contribution in [0.25, 0.3) is 11.0 Å². The van der Waals surface area contributed by atoms with Crippen molar-refractivity contribution in [3.63, 3.8) is 0 Å². The number of amides is 1. The van der Waals surface area contributed by atoms with Crippen LogP contribution in [0, 0.1) is 5.82 Å². The van der Waals surface area contributed by atoms with E-state index < -0.39 is 28.5 Å². The third-order valence-corrected chi connectivity index (χ3v) is 4.82. The van der Waals surface area contributed by atoms with E-state index in [0.29, 0.717) is 5.56 Å². The Morgan fingerprint density at radius 2 is 1.66 bits per heavy atom. The lowest BCUT2D eigenvalue weighted by Crippen LogP contribution is -2.42. The predicted octanol–water partition coefficient (Wildman–Crippen LogP) is 0.971. The van der Waals surface area contributed by atoms with Crippen molar-refractivity contribution in [3.05, 3.63) is 78.5 Å². The molecule has 0 radical (unpaired) electrons. The van der Waals surface area contributed by atoms with E-state index in [-0.39, 0.29) is 36.2 Å². The highest BCUT2D eigenvalue weighted by molar-refractivity contribution is 6.05. The lowest BCUT2D eigenvalue weighted by Gasteiger charge is -2.16. The van der Waals surface area contributed by atoms with Gasteiger partial charge in [0.15, 0.2) is 0 Å². The minimum absolute atomic E-state index is 0.00649. The first kappa shape index (κ1) is 20.2. The molecule has 1 aromatic carbocycles. The molecule has 2 aromatic heterocycles. The quantitative estimate of drug-likeness (QED) is 0.691. The third kappa shape index (κ3) is 3.51. The molecule has 8 nitrogen and oxygen atoms in total. The standard InChI is InChI=1S/C20H21FN4O4/c1-4-24-15(26)10-14(17(27)22-11-12-6-8-13(21)9-7-12)16-18(24)23(3)20(29)25(5-2)19(16)28/h6-10H,4-5,11H2,1-3H3,(H,22,27). The normalized spacial score (nSPS) is 11.0. The van der Waals surface area contributed by atoms with E-state index in [4.69, 9.17) is 0 Å². The molecular weight excluding hydrogens is 379 g/mol. The van der Waals surface area contributed by atoms with Crippen LogP contribution in [-0.4, -0.2) is 19.6 Å². The van der Waals surface area contributed by atoms with Gasteiger partial charge in [0, 0.05) is 32.7 Å². The molecule has 152 valence electrons. The van der Waals surface area contributed by atoms with Crippen LogP contribution in [0.3, 0.4) is 0 Å². The highest BCUT2D eigenvalue weighted by atomic mass is 19.1. The number of benzene rings is 1. The summed E-state index contributed by atoms with van der Waals surface area (Å²) in [5, 5.41) is 2.65. The van der Waals surface area contributed by atoms with Gasteiger partial charge >= 0.3 is 5.69 Å². The van der Waals surface area contributed by atoms with Gasteiger partial charge in [0.05, 0.1) is 10.9 Å². The zero-order valence-corrected chi connectivity index (χ0v) is 16.4. The zero-order valence-electron chi connectivity index (χ0n) is 16.4. The molecule has 0 bridgehead atoms. The van der Waals surface area contributed by atoms with Crippen molar-refractivity contribution in [3.8, 4) is 0 Å². The van der Waals surface area contributed by atoms with E-state index in [0.717, 1.165) is 10.6 Å². The molecule has 0 saturated heterocycles. The fourth-order valence-corrected chi connectivity index (χ4v) is 3.33. The topological polar surface area (TPSA) is 95.1 Å². The van der Waals surface area contributed by atoms with E-state index in [1.165, 1.54) is 40.4 Å². The fourth-order valence-electron chi connectivity index (χ4n) is 3.33. The Hall–Kier alpha value is -3.49. The molecule has 3 aromatic rings. The van der Waals surface area contributed by atoms with E-state index in [9.17, 15) is 23.6 Å². The molecule has 29 heavy (non-hydrogen) atoms. The second kappa shape index (κ2) is 7.86. The van der Waals surface area contributed by atoms with Crippen LogP contribution in [0.5, 0.6) is 0 Å². The monoisotopic (exact) mass is 400 g/mol. The summed E-state index contributed by atoms with van der Waals surface area (Å²) in [6.07, 6.45) is 0. The van der Waals surface area contributed by atoms with Gasteiger partial charge in [-0.15, -0.1) is 0 Å². The highest BCUT2D eigenvalue weighted by Crippen LogP contribution is 2.12. The Morgan fingerprint density at radius 1 is 1.03 bits per heavy atom. The van der Waals surface area contributed by atoms with Crippen LogP contribution in [0.1, 0.15) is 29.8 Å². The van der Waals surface area contributed by atoms with Gasteiger partial charge in [-0.05, 0) is 31.5 Å². The summed E-state index contributed by atoms with van der Waals surface area (Å²) in [5.74, 6) is -1.02. The first-order valence-corrected chi connectivity index (χ1v) is 9.20. The maximum absolute atomic E-state index is 13.0. The SMILES string of the molecule is CCn1c(=O)c2c(C(=O)NCc3ccc(F)cc3)cc(=O)n(CC)c2n(C)c1=O. The lowest BCUT2D eigenvalue weighted by molar-refractivity contribution is 0.0952. The number of rotatable bonds is 5. The maximum atomic E-state index is 13.0. The van der Waals surface area contributed by atoms with Crippen LogP contribution in [-0.2, 0) is 26.7 Å². The number of aromatic nitrogens is 3. The van der Waals surface area contributed by atoms with E-state index in [1.807, 2.05) is 0 Å². The van der Waals surface area contributed by atoms with Crippen LogP contribution in [0.4, 0.5) is 4.39 Å². The molecule has 1 N–H and O–H groups in total. The Morgan fingerprint density at radius 3 is 2.24 bits per heavy atom. The number of halogens is 1. The van der Waals surface area contributed by atoms with Crippen molar-refractivity contribution in [2.24, 2.45) is 7.05 Å². The smallest absolute Gasteiger partial charge is 0.332 e. The molecular formula is C20H21FN4O4. The molecule has 9 heteroatoms. The van der Waals surface area contributed by atoms with Crippen LogP contribution in [0.15, 0.2) is 44.7 Å². The molecule has 3 rings (SSSR count). The minimum Gasteiger partial charge on any atom is -0.348 e. The third-order valence-electron chi connectivity index (χ3n) is 4.82.